The van der Waals surface area contributed by atoms with Crippen molar-refractivity contribution in [2.24, 2.45) is 23.2 Å². The molecule has 1 fully saturated rings. The molecule has 4 heteroatoms. The summed E-state index contributed by atoms with van der Waals surface area (Å²) < 4.78 is 7.39. The maximum Gasteiger partial charge on any atom is 0.0985 e. The number of hydrogen-bond acceptors (Lipinski definition) is 3. The minimum atomic E-state index is -0.116. The van der Waals surface area contributed by atoms with Gasteiger partial charge in [-0.2, -0.15) is 0 Å². The van der Waals surface area contributed by atoms with Crippen LogP contribution in [0, 0.1) is 23.2 Å². The fourth-order valence-corrected chi connectivity index (χ4v) is 5.55. The molecule has 2 aliphatic rings. The Morgan fingerprint density at radius 2 is 2.20 bits per heavy atom. The highest BCUT2D eigenvalue weighted by Crippen LogP contribution is 2.56. The number of ether oxygens (including phenoxy) is 1. The minimum absolute atomic E-state index is 0.116. The number of hydrogen-bond donors (Lipinski definition) is 1. The predicted octanol–water partition coefficient (Wildman–Crippen LogP) is 4.41. The molecule has 5 unspecified atom stereocenters. The van der Waals surface area contributed by atoms with Gasteiger partial charge in [0.15, 0.2) is 0 Å². The fourth-order valence-electron chi connectivity index (χ4n) is 4.02. The van der Waals surface area contributed by atoms with Crippen LogP contribution >= 0.6 is 27.3 Å². The van der Waals surface area contributed by atoms with Crippen LogP contribution in [-0.2, 0) is 4.74 Å². The summed E-state index contributed by atoms with van der Waals surface area (Å²) in [7, 11) is 0. The molecule has 1 saturated heterocycles. The third-order valence-corrected chi connectivity index (χ3v) is 7.10. The van der Waals surface area contributed by atoms with Crippen molar-refractivity contribution in [2.75, 3.05) is 13.2 Å². The zero-order valence-corrected chi connectivity index (χ0v) is 14.5. The maximum atomic E-state index is 9.97. The first-order chi connectivity index (χ1) is 9.49. The Morgan fingerprint density at radius 1 is 1.45 bits per heavy atom. The van der Waals surface area contributed by atoms with E-state index in [0.29, 0.717) is 24.4 Å². The van der Waals surface area contributed by atoms with Crippen molar-refractivity contribution in [1.82, 2.24) is 0 Å². The van der Waals surface area contributed by atoms with Crippen molar-refractivity contribution in [3.05, 3.63) is 32.4 Å². The number of rotatable bonds is 2. The van der Waals surface area contributed by atoms with E-state index in [4.69, 9.17) is 4.74 Å². The predicted molar refractivity (Wildman–Crippen MR) is 85.8 cm³/mol. The van der Waals surface area contributed by atoms with E-state index < -0.39 is 0 Å². The van der Waals surface area contributed by atoms with E-state index >= 15 is 0 Å². The summed E-state index contributed by atoms with van der Waals surface area (Å²) in [5, 5.41) is 9.97. The summed E-state index contributed by atoms with van der Waals surface area (Å²) in [6.45, 7) is 7.55. The largest absolute Gasteiger partial charge is 0.396 e. The third kappa shape index (κ3) is 2.04. The zero-order chi connectivity index (χ0) is 14.5. The topological polar surface area (TPSA) is 29.5 Å². The first-order valence-electron chi connectivity index (χ1n) is 7.15. The highest BCUT2D eigenvalue weighted by Gasteiger charge is 2.53. The van der Waals surface area contributed by atoms with Gasteiger partial charge >= 0.3 is 0 Å². The van der Waals surface area contributed by atoms with Crippen LogP contribution in [0.25, 0.3) is 0 Å². The van der Waals surface area contributed by atoms with Crippen LogP contribution in [0.2, 0.25) is 0 Å². The van der Waals surface area contributed by atoms with Gasteiger partial charge in [-0.1, -0.05) is 25.5 Å². The minimum Gasteiger partial charge on any atom is -0.396 e. The van der Waals surface area contributed by atoms with E-state index in [0.717, 1.165) is 3.79 Å². The Hall–Kier alpha value is -0.160. The summed E-state index contributed by atoms with van der Waals surface area (Å²) >= 11 is 5.29. The van der Waals surface area contributed by atoms with Crippen LogP contribution in [0.1, 0.15) is 31.8 Å². The average Bonchev–Trinajstić information content (AvgIpc) is 2.83. The lowest BCUT2D eigenvalue weighted by Crippen LogP contribution is -2.53. The number of thiophene rings is 1. The van der Waals surface area contributed by atoms with E-state index in [1.54, 1.807) is 11.3 Å². The molecule has 1 aliphatic carbocycles. The molecule has 110 valence electrons. The molecule has 1 aromatic heterocycles. The van der Waals surface area contributed by atoms with Crippen LogP contribution in [0.3, 0.4) is 0 Å². The Bertz CT molecular complexity index is 538. The van der Waals surface area contributed by atoms with Gasteiger partial charge in [0.1, 0.15) is 0 Å². The van der Waals surface area contributed by atoms with E-state index in [1.165, 1.54) is 10.5 Å². The molecular weight excluding hydrogens is 336 g/mol. The Morgan fingerprint density at radius 3 is 2.80 bits per heavy atom. The lowest BCUT2D eigenvalue weighted by atomic mass is 9.56. The number of aliphatic hydroxyl groups is 1. The van der Waals surface area contributed by atoms with Crippen molar-refractivity contribution in [3.8, 4) is 0 Å². The number of fused-ring (bicyclic) bond motifs is 2. The van der Waals surface area contributed by atoms with Crippen molar-refractivity contribution < 1.29 is 9.84 Å². The van der Waals surface area contributed by atoms with E-state index in [1.807, 2.05) is 0 Å². The second-order valence-electron chi connectivity index (χ2n) is 6.28. The van der Waals surface area contributed by atoms with E-state index in [-0.39, 0.29) is 18.1 Å². The first-order valence-corrected chi connectivity index (χ1v) is 8.76. The molecule has 0 radical (unpaired) electrons. The van der Waals surface area contributed by atoms with Gasteiger partial charge in [-0.05, 0) is 46.8 Å². The average molecular weight is 357 g/mol. The first kappa shape index (κ1) is 14.8. The summed E-state index contributed by atoms with van der Waals surface area (Å²) in [4.78, 5) is 1.28. The highest BCUT2D eigenvalue weighted by atomic mass is 79.9. The maximum absolute atomic E-state index is 9.97. The van der Waals surface area contributed by atoms with Crippen LogP contribution in [0.4, 0.5) is 0 Å². The molecule has 0 saturated carbocycles. The van der Waals surface area contributed by atoms with Crippen LogP contribution in [0.15, 0.2) is 27.6 Å². The third-order valence-electron chi connectivity index (χ3n) is 5.42. The number of halogens is 1. The molecule has 0 spiro atoms. The summed E-state index contributed by atoms with van der Waals surface area (Å²) in [5.74, 6) is 1.18. The molecule has 2 nitrogen and oxygen atoms in total. The molecule has 3 rings (SSSR count). The lowest BCUT2D eigenvalue weighted by Gasteiger charge is -2.54. The van der Waals surface area contributed by atoms with Crippen LogP contribution in [-0.4, -0.2) is 18.3 Å². The zero-order valence-electron chi connectivity index (χ0n) is 12.1. The van der Waals surface area contributed by atoms with Gasteiger partial charge in [0.25, 0.3) is 0 Å². The second-order valence-corrected chi connectivity index (χ2v) is 8.77. The monoisotopic (exact) mass is 356 g/mol. The molecule has 2 heterocycles. The molecule has 1 aliphatic heterocycles. The smallest absolute Gasteiger partial charge is 0.0985 e. The van der Waals surface area contributed by atoms with Gasteiger partial charge in [-0.3, -0.25) is 0 Å². The molecule has 20 heavy (non-hydrogen) atoms. The molecule has 1 N–H and O–H groups in total. The van der Waals surface area contributed by atoms with Crippen molar-refractivity contribution in [3.63, 3.8) is 0 Å². The Kier molecular flexibility index (Phi) is 3.87. The van der Waals surface area contributed by atoms with Crippen LogP contribution in [0.5, 0.6) is 0 Å². The van der Waals surface area contributed by atoms with Gasteiger partial charge in [-0.25, -0.2) is 0 Å². The molecule has 1 aromatic rings. The Labute approximate surface area is 133 Å². The van der Waals surface area contributed by atoms with Crippen molar-refractivity contribution in [1.29, 1.82) is 0 Å². The van der Waals surface area contributed by atoms with E-state index in [9.17, 15) is 5.11 Å². The summed E-state index contributed by atoms with van der Waals surface area (Å²) in [6.07, 6.45) is 2.48. The van der Waals surface area contributed by atoms with Crippen molar-refractivity contribution >= 4 is 27.3 Å². The quantitative estimate of drug-likeness (QED) is 0.795. The SMILES string of the molecule is CC1=CC(C)C2(CO)COC(c3ccc(Br)s3)C1C2C. The summed E-state index contributed by atoms with van der Waals surface area (Å²) in [6, 6.07) is 4.25. The fraction of sp³-hybridized carbons (Fsp3) is 0.625. The van der Waals surface area contributed by atoms with Gasteiger partial charge < -0.3 is 9.84 Å². The van der Waals surface area contributed by atoms with Gasteiger partial charge in [-0.15, -0.1) is 11.3 Å². The van der Waals surface area contributed by atoms with Crippen LogP contribution < -0.4 is 0 Å². The molecule has 0 amide bonds. The number of allylic oxidation sites excluding steroid dienone is 1. The van der Waals surface area contributed by atoms with Crippen molar-refractivity contribution in [2.45, 2.75) is 26.9 Å². The Balaban J connectivity index is 2.02. The van der Waals surface area contributed by atoms with Gasteiger partial charge in [0, 0.05) is 16.2 Å². The molecular formula is C16H21BrO2S. The normalized spacial score (nSPS) is 40.5. The lowest BCUT2D eigenvalue weighted by molar-refractivity contribution is -0.164. The molecule has 5 atom stereocenters. The number of aliphatic hydroxyl groups excluding tert-OH is 1. The molecule has 2 bridgehead atoms. The van der Waals surface area contributed by atoms with Gasteiger partial charge in [0.2, 0.25) is 0 Å². The standard InChI is InChI=1S/C16H21BrO2S/c1-9-6-10(2)16(7-18)8-19-15(14(9)11(16)3)12-4-5-13(17)20-12/h4-6,10-11,14-15,18H,7-8H2,1-3H3. The van der Waals surface area contributed by atoms with Gasteiger partial charge in [0.05, 0.1) is 23.1 Å². The highest BCUT2D eigenvalue weighted by molar-refractivity contribution is 9.11. The van der Waals surface area contributed by atoms with E-state index in [2.05, 4.69) is 54.9 Å². The second kappa shape index (κ2) is 5.24. The summed E-state index contributed by atoms with van der Waals surface area (Å²) in [5.41, 5.74) is 1.29. The molecule has 0 aromatic carbocycles.